The van der Waals surface area contributed by atoms with Gasteiger partial charge < -0.3 is 9.64 Å². The van der Waals surface area contributed by atoms with Crippen molar-refractivity contribution in [3.8, 4) is 5.75 Å². The second-order valence-electron chi connectivity index (χ2n) is 7.95. The summed E-state index contributed by atoms with van der Waals surface area (Å²) in [4.78, 5) is 7.57. The van der Waals surface area contributed by atoms with Crippen LogP contribution in [0.25, 0.3) is 0 Å². The van der Waals surface area contributed by atoms with E-state index in [1.807, 2.05) is 0 Å². The first kappa shape index (κ1) is 18.7. The Morgan fingerprint density at radius 1 is 0.960 bits per heavy atom. The Morgan fingerprint density at radius 2 is 1.68 bits per heavy atom. The fraction of sp³-hybridized carbons (Fsp3) is 0.714. The van der Waals surface area contributed by atoms with Gasteiger partial charge in [-0.05, 0) is 90.1 Å². The van der Waals surface area contributed by atoms with Crippen LogP contribution in [0.5, 0.6) is 5.75 Å². The van der Waals surface area contributed by atoms with Gasteiger partial charge in [0.15, 0.2) is 0 Å². The number of benzene rings is 1. The van der Waals surface area contributed by atoms with Crippen molar-refractivity contribution in [3.05, 3.63) is 29.3 Å². The molecular formula is C21H35N3O. The van der Waals surface area contributed by atoms with Crippen molar-refractivity contribution in [2.24, 2.45) is 0 Å². The molecule has 0 radical (unpaired) electrons. The van der Waals surface area contributed by atoms with Crippen LogP contribution in [0.1, 0.15) is 43.2 Å². The molecule has 0 spiro atoms. The van der Waals surface area contributed by atoms with Crippen LogP contribution < -0.4 is 4.74 Å². The van der Waals surface area contributed by atoms with Crippen molar-refractivity contribution in [1.29, 1.82) is 0 Å². The summed E-state index contributed by atoms with van der Waals surface area (Å²) >= 11 is 0. The van der Waals surface area contributed by atoms with E-state index in [9.17, 15) is 0 Å². The maximum absolute atomic E-state index is 5.62. The zero-order valence-corrected chi connectivity index (χ0v) is 16.3. The molecule has 2 heterocycles. The molecule has 3 rings (SSSR count). The van der Waals surface area contributed by atoms with E-state index in [0.717, 1.165) is 24.9 Å². The summed E-state index contributed by atoms with van der Waals surface area (Å²) in [6.07, 6.45) is 6.58. The predicted octanol–water partition coefficient (Wildman–Crippen LogP) is 3.21. The average molecular weight is 346 g/mol. The highest BCUT2D eigenvalue weighted by Crippen LogP contribution is 2.25. The van der Waals surface area contributed by atoms with Gasteiger partial charge in [0.1, 0.15) is 5.75 Å². The molecule has 0 saturated carbocycles. The largest absolute Gasteiger partial charge is 0.496 e. The lowest BCUT2D eigenvalue weighted by Gasteiger charge is -2.24. The van der Waals surface area contributed by atoms with Crippen LogP contribution in [0, 0.1) is 0 Å². The molecule has 4 heteroatoms. The number of hydrogen-bond acceptors (Lipinski definition) is 4. The van der Waals surface area contributed by atoms with Crippen LogP contribution in [-0.2, 0) is 13.1 Å². The molecular weight excluding hydrogens is 310 g/mol. The highest BCUT2D eigenvalue weighted by Gasteiger charge is 2.19. The van der Waals surface area contributed by atoms with Gasteiger partial charge >= 0.3 is 0 Å². The third kappa shape index (κ3) is 5.19. The lowest BCUT2D eigenvalue weighted by Crippen LogP contribution is -2.30. The zero-order chi connectivity index (χ0) is 17.6. The first-order chi connectivity index (χ1) is 12.2. The van der Waals surface area contributed by atoms with Crippen molar-refractivity contribution in [1.82, 2.24) is 14.7 Å². The van der Waals surface area contributed by atoms with E-state index in [1.165, 1.54) is 69.4 Å². The molecule has 2 aliphatic rings. The SMILES string of the molecule is COc1ccc(CN2CCC[C@@H](N(C)C)CC2)cc1CN1CCCC1. The molecule has 0 aromatic heterocycles. The number of hydrogen-bond donors (Lipinski definition) is 0. The maximum Gasteiger partial charge on any atom is 0.123 e. The van der Waals surface area contributed by atoms with Crippen molar-refractivity contribution >= 4 is 0 Å². The molecule has 0 bridgehead atoms. The Morgan fingerprint density at radius 3 is 2.40 bits per heavy atom. The molecule has 0 N–H and O–H groups in total. The van der Waals surface area contributed by atoms with E-state index in [2.05, 4.69) is 47.0 Å². The molecule has 1 aromatic carbocycles. The fourth-order valence-electron chi connectivity index (χ4n) is 4.31. The van der Waals surface area contributed by atoms with Gasteiger partial charge in [0.2, 0.25) is 0 Å². The maximum atomic E-state index is 5.62. The van der Waals surface area contributed by atoms with Gasteiger partial charge in [-0.25, -0.2) is 0 Å². The van der Waals surface area contributed by atoms with Gasteiger partial charge in [0, 0.05) is 24.7 Å². The Bertz CT molecular complexity index is 540. The van der Waals surface area contributed by atoms with E-state index in [4.69, 9.17) is 4.74 Å². The van der Waals surface area contributed by atoms with Crippen LogP contribution in [0.2, 0.25) is 0 Å². The van der Waals surface area contributed by atoms with Gasteiger partial charge in [0.05, 0.1) is 7.11 Å². The van der Waals surface area contributed by atoms with Gasteiger partial charge in [-0.2, -0.15) is 0 Å². The second-order valence-corrected chi connectivity index (χ2v) is 7.95. The minimum absolute atomic E-state index is 0.742. The van der Waals surface area contributed by atoms with Crippen LogP contribution in [0.3, 0.4) is 0 Å². The van der Waals surface area contributed by atoms with Crippen molar-refractivity contribution in [2.75, 3.05) is 47.4 Å². The molecule has 140 valence electrons. The van der Waals surface area contributed by atoms with E-state index >= 15 is 0 Å². The van der Waals surface area contributed by atoms with Gasteiger partial charge in [0.25, 0.3) is 0 Å². The lowest BCUT2D eigenvalue weighted by molar-refractivity contribution is 0.245. The predicted molar refractivity (Wildman–Crippen MR) is 104 cm³/mol. The zero-order valence-electron chi connectivity index (χ0n) is 16.3. The Kier molecular flexibility index (Phi) is 6.74. The summed E-state index contributed by atoms with van der Waals surface area (Å²) in [5.74, 6) is 1.04. The van der Waals surface area contributed by atoms with Gasteiger partial charge in [-0.15, -0.1) is 0 Å². The highest BCUT2D eigenvalue weighted by molar-refractivity contribution is 5.37. The van der Waals surface area contributed by atoms with E-state index in [0.29, 0.717) is 0 Å². The average Bonchev–Trinajstić information content (AvgIpc) is 2.99. The summed E-state index contributed by atoms with van der Waals surface area (Å²) in [5, 5.41) is 0. The standard InChI is InChI=1S/C21H35N3O/c1-22(2)20-7-6-13-24(14-10-20)16-18-8-9-21(25-3)19(15-18)17-23-11-4-5-12-23/h8-9,15,20H,4-7,10-14,16-17H2,1-3H3/t20-/m1/s1. The monoisotopic (exact) mass is 345 g/mol. The van der Waals surface area contributed by atoms with E-state index in [-0.39, 0.29) is 0 Å². The number of likely N-dealkylation sites (tertiary alicyclic amines) is 2. The first-order valence-corrected chi connectivity index (χ1v) is 9.92. The van der Waals surface area contributed by atoms with Crippen LogP contribution in [-0.4, -0.2) is 68.1 Å². The normalized spacial score (nSPS) is 23.1. The molecule has 0 amide bonds. The minimum Gasteiger partial charge on any atom is -0.496 e. The fourth-order valence-corrected chi connectivity index (χ4v) is 4.31. The van der Waals surface area contributed by atoms with Crippen molar-refractivity contribution in [3.63, 3.8) is 0 Å². The third-order valence-corrected chi connectivity index (χ3v) is 5.86. The number of rotatable bonds is 6. The molecule has 1 aromatic rings. The summed E-state index contributed by atoms with van der Waals surface area (Å²) in [6.45, 7) is 6.97. The van der Waals surface area contributed by atoms with Gasteiger partial charge in [-0.1, -0.05) is 6.07 Å². The molecule has 0 unspecified atom stereocenters. The second kappa shape index (κ2) is 9.02. The Labute approximate surface area is 153 Å². The van der Waals surface area contributed by atoms with Crippen LogP contribution in [0.15, 0.2) is 18.2 Å². The molecule has 2 saturated heterocycles. The molecule has 2 fully saturated rings. The smallest absolute Gasteiger partial charge is 0.123 e. The molecule has 1 atom stereocenters. The molecule has 25 heavy (non-hydrogen) atoms. The topological polar surface area (TPSA) is 19.0 Å². The first-order valence-electron chi connectivity index (χ1n) is 9.92. The van der Waals surface area contributed by atoms with Crippen molar-refractivity contribution in [2.45, 2.75) is 51.2 Å². The summed E-state index contributed by atoms with van der Waals surface area (Å²) in [7, 11) is 6.22. The summed E-state index contributed by atoms with van der Waals surface area (Å²) < 4.78 is 5.62. The quantitative estimate of drug-likeness (QED) is 0.788. The number of nitrogens with zero attached hydrogens (tertiary/aromatic N) is 3. The van der Waals surface area contributed by atoms with Crippen LogP contribution >= 0.6 is 0 Å². The third-order valence-electron chi connectivity index (χ3n) is 5.86. The number of ether oxygens (including phenoxy) is 1. The minimum atomic E-state index is 0.742. The number of methoxy groups -OCH3 is 1. The highest BCUT2D eigenvalue weighted by atomic mass is 16.5. The van der Waals surface area contributed by atoms with Gasteiger partial charge in [-0.3, -0.25) is 9.80 Å². The summed E-state index contributed by atoms with van der Waals surface area (Å²) in [5.41, 5.74) is 2.78. The molecule has 4 nitrogen and oxygen atoms in total. The Hall–Kier alpha value is -1.10. The van der Waals surface area contributed by atoms with E-state index in [1.54, 1.807) is 7.11 Å². The summed E-state index contributed by atoms with van der Waals surface area (Å²) in [6, 6.07) is 7.54. The molecule has 2 aliphatic heterocycles. The van der Waals surface area contributed by atoms with Crippen molar-refractivity contribution < 1.29 is 4.74 Å². The molecule has 0 aliphatic carbocycles. The van der Waals surface area contributed by atoms with E-state index < -0.39 is 0 Å². The Balaban J connectivity index is 1.63. The van der Waals surface area contributed by atoms with Crippen LogP contribution in [0.4, 0.5) is 0 Å². The lowest BCUT2D eigenvalue weighted by atomic mass is 10.1.